The van der Waals surface area contributed by atoms with Gasteiger partial charge in [0.2, 0.25) is 0 Å². The second-order valence-corrected chi connectivity index (χ2v) is 10.9. The highest BCUT2D eigenvalue weighted by atomic mass is 14.7. The van der Waals surface area contributed by atoms with Crippen molar-refractivity contribution in [3.8, 4) is 44.6 Å². The molecular weight excluding hydrogens is 434 g/mol. The van der Waals surface area contributed by atoms with Crippen molar-refractivity contribution in [2.75, 3.05) is 0 Å². The molecule has 1 aliphatic rings. The van der Waals surface area contributed by atoms with Crippen LogP contribution in [0.2, 0.25) is 0 Å². The van der Waals surface area contributed by atoms with Crippen LogP contribution in [-0.4, -0.2) is 4.98 Å². The summed E-state index contributed by atoms with van der Waals surface area (Å²) in [5.41, 5.74) is 11.3. The Balaban J connectivity index is 1.45. The number of aromatic nitrogens is 1. The highest BCUT2D eigenvalue weighted by Gasteiger charge is 2.24. The van der Waals surface area contributed by atoms with Crippen molar-refractivity contribution in [2.24, 2.45) is 0 Å². The van der Waals surface area contributed by atoms with Gasteiger partial charge >= 0.3 is 0 Å². The van der Waals surface area contributed by atoms with Crippen LogP contribution in [0.15, 0.2) is 109 Å². The van der Waals surface area contributed by atoms with Crippen molar-refractivity contribution in [2.45, 2.75) is 26.2 Å². The van der Waals surface area contributed by atoms with Crippen LogP contribution in [0.1, 0.15) is 26.3 Å². The SMILES string of the molecule is CC(C)(C)c1cc(-c2cc(-c3ccc4cccc5c4c3-c3ccccc3-5)ccn2)cc2ccccc12. The molecule has 1 nitrogen and oxygen atoms in total. The largest absolute Gasteiger partial charge is 0.256 e. The van der Waals surface area contributed by atoms with Crippen LogP contribution in [-0.2, 0) is 5.41 Å². The standard InChI is InChI=1S/C35H27N/c1-35(2,3)31-20-25(19-23-9-4-5-11-26(23)31)32-21-24(17-18-36-32)27-16-15-22-10-8-14-29-28-12-6-7-13-30(28)34(27)33(22)29/h4-21H,1-3H3. The summed E-state index contributed by atoms with van der Waals surface area (Å²) in [6.07, 6.45) is 1.96. The van der Waals surface area contributed by atoms with Gasteiger partial charge in [-0.05, 0) is 90.2 Å². The Bertz CT molecular complexity index is 1820. The third kappa shape index (κ3) is 3.13. The molecular formula is C35H27N. The van der Waals surface area contributed by atoms with Gasteiger partial charge in [0.1, 0.15) is 0 Å². The fourth-order valence-corrected chi connectivity index (χ4v) is 5.89. The van der Waals surface area contributed by atoms with Crippen molar-refractivity contribution in [3.63, 3.8) is 0 Å². The molecule has 0 atom stereocenters. The zero-order valence-corrected chi connectivity index (χ0v) is 20.8. The summed E-state index contributed by atoms with van der Waals surface area (Å²) in [4.78, 5) is 4.84. The van der Waals surface area contributed by atoms with Gasteiger partial charge in [0.15, 0.2) is 0 Å². The van der Waals surface area contributed by atoms with Crippen LogP contribution in [0.3, 0.4) is 0 Å². The molecule has 0 saturated carbocycles. The van der Waals surface area contributed by atoms with Gasteiger partial charge in [-0.2, -0.15) is 0 Å². The highest BCUT2D eigenvalue weighted by Crippen LogP contribution is 2.51. The smallest absolute Gasteiger partial charge is 0.0708 e. The van der Waals surface area contributed by atoms with E-state index in [1.54, 1.807) is 0 Å². The minimum absolute atomic E-state index is 0.0393. The first-order valence-corrected chi connectivity index (χ1v) is 12.6. The lowest BCUT2D eigenvalue weighted by Gasteiger charge is -2.23. The van der Waals surface area contributed by atoms with Gasteiger partial charge in [-0.25, -0.2) is 0 Å². The Kier molecular flexibility index (Phi) is 4.47. The average molecular weight is 462 g/mol. The first kappa shape index (κ1) is 21.1. The van der Waals surface area contributed by atoms with E-state index >= 15 is 0 Å². The number of fused-ring (bicyclic) bond motifs is 4. The second kappa shape index (κ2) is 7.63. The maximum Gasteiger partial charge on any atom is 0.0708 e. The molecule has 5 aromatic carbocycles. The Labute approximate surface area is 212 Å². The molecule has 0 N–H and O–H groups in total. The second-order valence-electron chi connectivity index (χ2n) is 10.9. The van der Waals surface area contributed by atoms with Gasteiger partial charge in [0.05, 0.1) is 5.69 Å². The third-order valence-corrected chi connectivity index (χ3v) is 7.57. The van der Waals surface area contributed by atoms with Gasteiger partial charge in [-0.15, -0.1) is 0 Å². The van der Waals surface area contributed by atoms with Crippen LogP contribution in [0, 0.1) is 0 Å². The maximum atomic E-state index is 4.84. The summed E-state index contributed by atoms with van der Waals surface area (Å²) in [5, 5.41) is 5.23. The molecule has 0 unspecified atom stereocenters. The number of hydrogen-bond donors (Lipinski definition) is 0. The number of benzene rings is 5. The van der Waals surface area contributed by atoms with E-state index in [4.69, 9.17) is 4.98 Å². The molecule has 0 saturated heterocycles. The van der Waals surface area contributed by atoms with Crippen LogP contribution >= 0.6 is 0 Å². The molecule has 172 valence electrons. The monoisotopic (exact) mass is 461 g/mol. The predicted molar refractivity (Wildman–Crippen MR) is 153 cm³/mol. The summed E-state index contributed by atoms with van der Waals surface area (Å²) in [6, 6.07) is 37.7. The van der Waals surface area contributed by atoms with Gasteiger partial charge < -0.3 is 0 Å². The quantitative estimate of drug-likeness (QED) is 0.250. The number of hydrogen-bond acceptors (Lipinski definition) is 1. The molecule has 1 aliphatic carbocycles. The van der Waals surface area contributed by atoms with Gasteiger partial charge in [-0.3, -0.25) is 4.98 Å². The summed E-state index contributed by atoms with van der Waals surface area (Å²) in [6.45, 7) is 6.86. The third-order valence-electron chi connectivity index (χ3n) is 7.57. The lowest BCUT2D eigenvalue weighted by atomic mass is 9.82. The minimum atomic E-state index is 0.0393. The molecule has 0 radical (unpaired) electrons. The van der Waals surface area contributed by atoms with E-state index in [0.717, 1.165) is 5.69 Å². The fraction of sp³-hybridized carbons (Fsp3) is 0.114. The van der Waals surface area contributed by atoms with E-state index in [-0.39, 0.29) is 5.41 Å². The van der Waals surface area contributed by atoms with Crippen molar-refractivity contribution < 1.29 is 0 Å². The van der Waals surface area contributed by atoms with Crippen LogP contribution in [0.4, 0.5) is 0 Å². The van der Waals surface area contributed by atoms with E-state index in [9.17, 15) is 0 Å². The summed E-state index contributed by atoms with van der Waals surface area (Å²) < 4.78 is 0. The van der Waals surface area contributed by atoms with Crippen LogP contribution < -0.4 is 0 Å². The lowest BCUT2D eigenvalue weighted by Crippen LogP contribution is -2.12. The van der Waals surface area contributed by atoms with Crippen molar-refractivity contribution in [1.82, 2.24) is 4.98 Å². The molecule has 0 spiro atoms. The van der Waals surface area contributed by atoms with Crippen molar-refractivity contribution in [3.05, 3.63) is 115 Å². The minimum Gasteiger partial charge on any atom is -0.256 e. The topological polar surface area (TPSA) is 12.9 Å². The molecule has 7 rings (SSSR count). The molecule has 1 heterocycles. The first-order chi connectivity index (χ1) is 17.5. The molecule has 0 bridgehead atoms. The lowest BCUT2D eigenvalue weighted by molar-refractivity contribution is 0.596. The average Bonchev–Trinajstić information content (AvgIpc) is 3.24. The van der Waals surface area contributed by atoms with E-state index in [2.05, 4.69) is 124 Å². The molecule has 36 heavy (non-hydrogen) atoms. The summed E-state index contributed by atoms with van der Waals surface area (Å²) in [5.74, 6) is 0. The first-order valence-electron chi connectivity index (χ1n) is 12.6. The summed E-state index contributed by atoms with van der Waals surface area (Å²) in [7, 11) is 0. The molecule has 1 aromatic heterocycles. The Morgan fingerprint density at radius 1 is 0.556 bits per heavy atom. The van der Waals surface area contributed by atoms with Crippen LogP contribution in [0.25, 0.3) is 66.2 Å². The Hall–Kier alpha value is -4.23. The predicted octanol–water partition coefficient (Wildman–Crippen LogP) is 9.67. The molecule has 1 heteroatoms. The molecule has 6 aromatic rings. The summed E-state index contributed by atoms with van der Waals surface area (Å²) >= 11 is 0. The Morgan fingerprint density at radius 3 is 2.17 bits per heavy atom. The van der Waals surface area contributed by atoms with Gasteiger partial charge in [0.25, 0.3) is 0 Å². The number of nitrogens with zero attached hydrogens (tertiary/aromatic N) is 1. The van der Waals surface area contributed by atoms with E-state index < -0.39 is 0 Å². The van der Waals surface area contributed by atoms with E-state index in [0.29, 0.717) is 0 Å². The molecule has 0 fully saturated rings. The normalized spacial score (nSPS) is 12.3. The van der Waals surface area contributed by atoms with Crippen LogP contribution in [0.5, 0.6) is 0 Å². The van der Waals surface area contributed by atoms with Gasteiger partial charge in [-0.1, -0.05) is 99.6 Å². The Morgan fingerprint density at radius 2 is 1.31 bits per heavy atom. The fourth-order valence-electron chi connectivity index (χ4n) is 5.89. The maximum absolute atomic E-state index is 4.84. The number of pyridine rings is 1. The number of rotatable bonds is 2. The van der Waals surface area contributed by atoms with Crippen molar-refractivity contribution >= 4 is 21.5 Å². The van der Waals surface area contributed by atoms with Crippen molar-refractivity contribution in [1.29, 1.82) is 0 Å². The van der Waals surface area contributed by atoms with E-state index in [1.165, 1.54) is 66.1 Å². The van der Waals surface area contributed by atoms with Gasteiger partial charge in [0, 0.05) is 11.8 Å². The molecule has 0 amide bonds. The molecule has 0 aliphatic heterocycles. The zero-order chi connectivity index (χ0) is 24.4. The highest BCUT2D eigenvalue weighted by molar-refractivity contribution is 6.19. The van der Waals surface area contributed by atoms with E-state index in [1.807, 2.05) is 6.20 Å². The zero-order valence-electron chi connectivity index (χ0n) is 20.8.